The van der Waals surface area contributed by atoms with Gasteiger partial charge in [-0.3, -0.25) is 9.36 Å². The second-order valence-electron chi connectivity index (χ2n) is 8.19. The summed E-state index contributed by atoms with van der Waals surface area (Å²) >= 11 is 5.97. The fraction of sp³-hybridized carbons (Fsp3) is 0.409. The fourth-order valence-electron chi connectivity index (χ4n) is 4.43. The maximum Gasteiger partial charge on any atom is 0.416 e. The van der Waals surface area contributed by atoms with Gasteiger partial charge in [0.25, 0.3) is 5.91 Å². The molecule has 2 aromatic heterocycles. The highest BCUT2D eigenvalue weighted by Crippen LogP contribution is 2.34. The van der Waals surface area contributed by atoms with Crippen LogP contribution < -0.4 is 11.0 Å². The smallest absolute Gasteiger partial charge is 0.349 e. The van der Waals surface area contributed by atoms with E-state index in [2.05, 4.69) is 15.3 Å². The highest BCUT2D eigenvalue weighted by Gasteiger charge is 2.33. The molecule has 4 rings (SSSR count). The first-order chi connectivity index (χ1) is 15.1. The van der Waals surface area contributed by atoms with Gasteiger partial charge in [0, 0.05) is 18.3 Å². The second-order valence-corrected chi connectivity index (χ2v) is 8.60. The van der Waals surface area contributed by atoms with Crippen LogP contribution in [-0.2, 0) is 6.18 Å². The number of carbonyl (C=O) groups is 1. The summed E-state index contributed by atoms with van der Waals surface area (Å²) in [5.74, 6) is -0.409. The van der Waals surface area contributed by atoms with Crippen LogP contribution in [0.25, 0.3) is 11.2 Å². The van der Waals surface area contributed by atoms with Crippen LogP contribution in [0.2, 0.25) is 5.02 Å². The average molecular weight is 467 g/mol. The summed E-state index contributed by atoms with van der Waals surface area (Å²) in [6.07, 6.45) is -0.0835. The molecule has 1 unspecified atom stereocenters. The third-order valence-electron chi connectivity index (χ3n) is 6.21. The molecule has 1 atom stereocenters. The van der Waals surface area contributed by atoms with Gasteiger partial charge in [-0.25, -0.2) is 9.78 Å². The number of benzene rings is 1. The zero-order valence-electron chi connectivity index (χ0n) is 17.2. The number of nitrogens with zero attached hydrogens (tertiary/aromatic N) is 2. The number of alkyl halides is 3. The van der Waals surface area contributed by atoms with Crippen molar-refractivity contribution >= 4 is 28.7 Å². The Morgan fingerprint density at radius 2 is 1.97 bits per heavy atom. The van der Waals surface area contributed by atoms with E-state index in [1.807, 2.05) is 6.92 Å². The highest BCUT2D eigenvalue weighted by atomic mass is 35.5. The number of fused-ring (bicyclic) bond motifs is 1. The predicted molar refractivity (Wildman–Crippen MR) is 115 cm³/mol. The largest absolute Gasteiger partial charge is 0.416 e. The molecule has 0 saturated heterocycles. The lowest BCUT2D eigenvalue weighted by atomic mass is 9.82. The van der Waals surface area contributed by atoms with Crippen molar-refractivity contribution in [1.29, 1.82) is 0 Å². The van der Waals surface area contributed by atoms with Gasteiger partial charge in [0.2, 0.25) is 0 Å². The maximum atomic E-state index is 13.0. The number of hydrogen-bond acceptors (Lipinski definition) is 3. The van der Waals surface area contributed by atoms with Crippen LogP contribution in [0.3, 0.4) is 0 Å². The molecule has 170 valence electrons. The zero-order valence-corrected chi connectivity index (χ0v) is 18.0. The summed E-state index contributed by atoms with van der Waals surface area (Å²) in [5, 5.41) is 2.79. The van der Waals surface area contributed by atoms with Crippen molar-refractivity contribution in [2.75, 3.05) is 0 Å². The monoisotopic (exact) mass is 466 g/mol. The molecule has 1 fully saturated rings. The Labute approximate surface area is 186 Å². The number of carbonyl (C=O) groups excluding carboxylic acids is 1. The van der Waals surface area contributed by atoms with E-state index in [0.29, 0.717) is 24.0 Å². The first-order valence-electron chi connectivity index (χ1n) is 10.4. The van der Waals surface area contributed by atoms with E-state index in [-0.39, 0.29) is 34.3 Å². The maximum absolute atomic E-state index is 13.0. The zero-order chi connectivity index (χ0) is 23.0. The van der Waals surface area contributed by atoms with Crippen LogP contribution in [0.4, 0.5) is 13.2 Å². The molecule has 3 aromatic rings. The Balaban J connectivity index is 1.42. The molecular formula is C22H22ClF3N4O2. The highest BCUT2D eigenvalue weighted by molar-refractivity contribution is 6.33. The number of aromatic amines is 1. The lowest BCUT2D eigenvalue weighted by molar-refractivity contribution is -0.137. The number of rotatable bonds is 4. The molecule has 0 aliphatic heterocycles. The van der Waals surface area contributed by atoms with Crippen molar-refractivity contribution in [3.8, 4) is 0 Å². The van der Waals surface area contributed by atoms with Crippen molar-refractivity contribution in [1.82, 2.24) is 19.9 Å². The second kappa shape index (κ2) is 8.61. The minimum absolute atomic E-state index is 0.0241. The number of nitrogens with one attached hydrogen (secondary N) is 2. The molecule has 0 spiro atoms. The summed E-state index contributed by atoms with van der Waals surface area (Å²) in [5.41, 5.74) is -0.0144. The molecule has 0 radical (unpaired) electrons. The van der Waals surface area contributed by atoms with Crippen molar-refractivity contribution in [3.63, 3.8) is 0 Å². The third-order valence-corrected chi connectivity index (χ3v) is 6.54. The van der Waals surface area contributed by atoms with Crippen LogP contribution in [0, 0.1) is 5.92 Å². The van der Waals surface area contributed by atoms with Gasteiger partial charge in [-0.2, -0.15) is 13.2 Å². The van der Waals surface area contributed by atoms with Crippen LogP contribution >= 0.6 is 11.6 Å². The molecule has 10 heteroatoms. The van der Waals surface area contributed by atoms with Crippen LogP contribution in [0.5, 0.6) is 0 Å². The molecule has 2 N–H and O–H groups in total. The molecule has 0 bridgehead atoms. The molecule has 6 nitrogen and oxygen atoms in total. The summed E-state index contributed by atoms with van der Waals surface area (Å²) in [6.45, 7) is 1.98. The molecule has 32 heavy (non-hydrogen) atoms. The molecule has 2 heterocycles. The minimum Gasteiger partial charge on any atom is -0.349 e. The SMILES string of the molecule is CC(C1CCC(NC(=O)c2cc(C(F)(F)F)ccc2Cl)CC1)n1c(=O)[nH]c2cccnc21. The Hall–Kier alpha value is -2.81. The number of halogens is 4. The first-order valence-corrected chi connectivity index (χ1v) is 10.8. The number of aromatic nitrogens is 3. The Morgan fingerprint density at radius 1 is 1.25 bits per heavy atom. The molecule has 1 amide bonds. The van der Waals surface area contributed by atoms with Crippen molar-refractivity contribution in [2.45, 2.75) is 50.9 Å². The number of amides is 1. The molecule has 1 aliphatic carbocycles. The summed E-state index contributed by atoms with van der Waals surface area (Å²) in [6, 6.07) is 6.03. The van der Waals surface area contributed by atoms with E-state index in [0.717, 1.165) is 31.0 Å². The molecular weight excluding hydrogens is 445 g/mol. The van der Waals surface area contributed by atoms with Crippen molar-refractivity contribution in [2.24, 2.45) is 5.92 Å². The van der Waals surface area contributed by atoms with Crippen LogP contribution in [0.15, 0.2) is 41.3 Å². The number of H-pyrrole nitrogens is 1. The van der Waals surface area contributed by atoms with E-state index in [4.69, 9.17) is 11.6 Å². The Bertz CT molecular complexity index is 1200. The first kappa shape index (κ1) is 22.4. The summed E-state index contributed by atoms with van der Waals surface area (Å²) in [7, 11) is 0. The lowest BCUT2D eigenvalue weighted by Gasteiger charge is -2.33. The standard InChI is InChI=1S/C22H22ClF3N4O2/c1-12(30-19-18(29-21(30)32)3-2-10-27-19)13-4-7-15(8-5-13)28-20(31)16-11-14(22(24,25)26)6-9-17(16)23/h2-3,6,9-13,15H,4-5,7-8H2,1H3,(H,28,31)(H,29,32). The Morgan fingerprint density at radius 3 is 2.66 bits per heavy atom. The summed E-state index contributed by atoms with van der Waals surface area (Å²) < 4.78 is 40.6. The van der Waals surface area contributed by atoms with Gasteiger partial charge in [-0.1, -0.05) is 11.6 Å². The number of pyridine rings is 1. The van der Waals surface area contributed by atoms with Gasteiger partial charge < -0.3 is 10.3 Å². The molecule has 1 aliphatic rings. The Kier molecular flexibility index (Phi) is 6.03. The van der Waals surface area contributed by atoms with Crippen LogP contribution in [-0.4, -0.2) is 26.5 Å². The normalized spacial score (nSPS) is 20.3. The van der Waals surface area contributed by atoms with Crippen LogP contribution in [0.1, 0.15) is 54.6 Å². The molecule has 1 aromatic carbocycles. The van der Waals surface area contributed by atoms with E-state index in [1.54, 1.807) is 22.9 Å². The van der Waals surface area contributed by atoms with E-state index in [9.17, 15) is 22.8 Å². The lowest BCUT2D eigenvalue weighted by Crippen LogP contribution is -2.39. The van der Waals surface area contributed by atoms with Gasteiger partial charge >= 0.3 is 11.9 Å². The van der Waals surface area contributed by atoms with E-state index < -0.39 is 17.6 Å². The van der Waals surface area contributed by atoms with E-state index >= 15 is 0 Å². The predicted octanol–water partition coefficient (Wildman–Crippen LogP) is 4.95. The van der Waals surface area contributed by atoms with Gasteiger partial charge in [0.05, 0.1) is 21.7 Å². The quantitative estimate of drug-likeness (QED) is 0.571. The van der Waals surface area contributed by atoms with Gasteiger partial charge in [-0.15, -0.1) is 0 Å². The topological polar surface area (TPSA) is 79.8 Å². The van der Waals surface area contributed by atoms with Crippen molar-refractivity contribution in [3.05, 3.63) is 63.2 Å². The van der Waals surface area contributed by atoms with E-state index in [1.165, 1.54) is 0 Å². The van der Waals surface area contributed by atoms with Gasteiger partial charge in [0.1, 0.15) is 0 Å². The average Bonchev–Trinajstić information content (AvgIpc) is 3.08. The summed E-state index contributed by atoms with van der Waals surface area (Å²) in [4.78, 5) is 32.2. The number of hydrogen-bond donors (Lipinski definition) is 2. The van der Waals surface area contributed by atoms with Gasteiger partial charge in [0.15, 0.2) is 5.65 Å². The third kappa shape index (κ3) is 4.39. The molecule has 1 saturated carbocycles. The van der Waals surface area contributed by atoms with Crippen molar-refractivity contribution < 1.29 is 18.0 Å². The number of imidazole rings is 1. The fourth-order valence-corrected chi connectivity index (χ4v) is 4.63. The van der Waals surface area contributed by atoms with Gasteiger partial charge in [-0.05, 0) is 68.9 Å². The minimum atomic E-state index is -4.55.